The first-order chi connectivity index (χ1) is 9.22. The lowest BCUT2D eigenvalue weighted by Gasteiger charge is -2.24. The van der Waals surface area contributed by atoms with Gasteiger partial charge in [0.2, 0.25) is 0 Å². The minimum absolute atomic E-state index is 0.0120. The molecule has 0 fully saturated rings. The predicted molar refractivity (Wildman–Crippen MR) is 73.0 cm³/mol. The maximum atomic E-state index is 12.1. The Morgan fingerprint density at radius 1 is 1.37 bits per heavy atom. The summed E-state index contributed by atoms with van der Waals surface area (Å²) in [4.78, 5) is 16.3. The van der Waals surface area contributed by atoms with Crippen LogP contribution in [0.3, 0.4) is 0 Å². The van der Waals surface area contributed by atoms with E-state index in [0.29, 0.717) is 0 Å². The Morgan fingerprint density at radius 3 is 2.95 bits per heavy atom. The topological polar surface area (TPSA) is 46.9 Å². The van der Waals surface area contributed by atoms with Gasteiger partial charge in [-0.3, -0.25) is 4.79 Å². The van der Waals surface area contributed by atoms with Crippen molar-refractivity contribution in [2.45, 2.75) is 32.4 Å². The lowest BCUT2D eigenvalue weighted by atomic mass is 10.0. The molecule has 4 nitrogen and oxygen atoms in total. The smallest absolute Gasteiger partial charge is 0.251 e. The molecule has 19 heavy (non-hydrogen) atoms. The van der Waals surface area contributed by atoms with Crippen molar-refractivity contribution < 1.29 is 4.79 Å². The molecule has 2 heterocycles. The van der Waals surface area contributed by atoms with Gasteiger partial charge in [0.15, 0.2) is 0 Å². The highest BCUT2D eigenvalue weighted by molar-refractivity contribution is 5.94. The first kappa shape index (κ1) is 12.0. The summed E-state index contributed by atoms with van der Waals surface area (Å²) in [5.41, 5.74) is 3.09. The summed E-state index contributed by atoms with van der Waals surface area (Å²) in [7, 11) is 0. The number of hydrogen-bond acceptors (Lipinski definition) is 2. The number of rotatable bonds is 2. The first-order valence-corrected chi connectivity index (χ1v) is 6.59. The number of nitrogens with one attached hydrogen (secondary N) is 1. The number of nitrogens with zero attached hydrogens (tertiary/aromatic N) is 2. The highest BCUT2D eigenvalue weighted by Gasteiger charge is 2.20. The number of hydrogen-bond donors (Lipinski definition) is 1. The quantitative estimate of drug-likeness (QED) is 0.891. The Bertz CT molecular complexity index is 586. The van der Waals surface area contributed by atoms with Crippen LogP contribution < -0.4 is 5.32 Å². The molecule has 0 aliphatic carbocycles. The summed E-state index contributed by atoms with van der Waals surface area (Å²) in [6.07, 6.45) is 5.55. The van der Waals surface area contributed by atoms with Crippen molar-refractivity contribution in [1.82, 2.24) is 14.9 Å². The number of amides is 1. The third-order valence-corrected chi connectivity index (χ3v) is 3.62. The first-order valence-electron chi connectivity index (χ1n) is 6.59. The van der Waals surface area contributed by atoms with Gasteiger partial charge in [-0.25, -0.2) is 4.98 Å². The Morgan fingerprint density at radius 2 is 2.16 bits per heavy atom. The molecule has 0 spiro atoms. The predicted octanol–water partition coefficient (Wildman–Crippen LogP) is 1.94. The largest absolute Gasteiger partial charge is 0.349 e. The standard InChI is InChI=1S/C15H17N3O/c1-11-2-4-12(5-3-11)15(19)17-13-6-7-18-10-16-9-14(18)8-13/h2-5,9-10,13H,6-8H2,1H3,(H,17,19). The van der Waals surface area contributed by atoms with Crippen molar-refractivity contribution in [3.63, 3.8) is 0 Å². The molecule has 0 saturated carbocycles. The normalized spacial score (nSPS) is 17.8. The van der Waals surface area contributed by atoms with E-state index in [1.807, 2.05) is 43.7 Å². The number of carbonyl (C=O) groups is 1. The summed E-state index contributed by atoms with van der Waals surface area (Å²) < 4.78 is 2.15. The molecule has 1 aromatic carbocycles. The Labute approximate surface area is 112 Å². The van der Waals surface area contributed by atoms with E-state index in [4.69, 9.17) is 0 Å². The van der Waals surface area contributed by atoms with Gasteiger partial charge >= 0.3 is 0 Å². The van der Waals surface area contributed by atoms with Crippen LogP contribution in [0.25, 0.3) is 0 Å². The molecule has 2 aromatic rings. The van der Waals surface area contributed by atoms with Crippen LogP contribution in [-0.2, 0) is 13.0 Å². The van der Waals surface area contributed by atoms with Crippen molar-refractivity contribution in [2.24, 2.45) is 0 Å². The summed E-state index contributed by atoms with van der Waals surface area (Å²) >= 11 is 0. The van der Waals surface area contributed by atoms with Gasteiger partial charge in [-0.1, -0.05) is 17.7 Å². The number of carbonyl (C=O) groups excluding carboxylic acids is 1. The molecule has 3 rings (SSSR count). The second kappa shape index (κ2) is 4.88. The number of imidazole rings is 1. The highest BCUT2D eigenvalue weighted by atomic mass is 16.1. The van der Waals surface area contributed by atoms with E-state index in [-0.39, 0.29) is 11.9 Å². The molecule has 1 N–H and O–H groups in total. The molecule has 1 aromatic heterocycles. The van der Waals surface area contributed by atoms with Crippen molar-refractivity contribution in [1.29, 1.82) is 0 Å². The van der Waals surface area contributed by atoms with Gasteiger partial charge in [0, 0.05) is 36.5 Å². The molecule has 0 radical (unpaired) electrons. The van der Waals surface area contributed by atoms with Crippen LogP contribution in [0.5, 0.6) is 0 Å². The average molecular weight is 255 g/mol. The zero-order valence-electron chi connectivity index (χ0n) is 11.0. The summed E-state index contributed by atoms with van der Waals surface area (Å²) in [5, 5.41) is 3.11. The summed E-state index contributed by atoms with van der Waals surface area (Å²) in [6.45, 7) is 2.94. The van der Waals surface area contributed by atoms with E-state index >= 15 is 0 Å². The number of benzene rings is 1. The van der Waals surface area contributed by atoms with Gasteiger partial charge in [0.25, 0.3) is 5.91 Å². The molecule has 98 valence electrons. The third-order valence-electron chi connectivity index (χ3n) is 3.62. The van der Waals surface area contributed by atoms with E-state index in [1.54, 1.807) is 0 Å². The van der Waals surface area contributed by atoms with Crippen molar-refractivity contribution >= 4 is 5.91 Å². The van der Waals surface area contributed by atoms with Gasteiger partial charge in [-0.05, 0) is 25.5 Å². The van der Waals surface area contributed by atoms with Crippen LogP contribution >= 0.6 is 0 Å². The van der Waals surface area contributed by atoms with E-state index in [9.17, 15) is 4.79 Å². The molecule has 0 bridgehead atoms. The van der Waals surface area contributed by atoms with Crippen LogP contribution in [0.1, 0.15) is 28.0 Å². The molecule has 1 amide bonds. The fourth-order valence-electron chi connectivity index (χ4n) is 2.47. The minimum Gasteiger partial charge on any atom is -0.349 e. The monoisotopic (exact) mass is 255 g/mol. The van der Waals surface area contributed by atoms with Crippen molar-refractivity contribution in [2.75, 3.05) is 0 Å². The van der Waals surface area contributed by atoms with Gasteiger partial charge in [-0.15, -0.1) is 0 Å². The van der Waals surface area contributed by atoms with Crippen molar-refractivity contribution in [3.05, 3.63) is 53.6 Å². The maximum Gasteiger partial charge on any atom is 0.251 e. The van der Waals surface area contributed by atoms with Crippen LogP contribution in [0.4, 0.5) is 0 Å². The van der Waals surface area contributed by atoms with Crippen LogP contribution in [0, 0.1) is 6.92 Å². The van der Waals surface area contributed by atoms with E-state index < -0.39 is 0 Å². The Hall–Kier alpha value is -2.10. The Balaban J connectivity index is 1.66. The lowest BCUT2D eigenvalue weighted by molar-refractivity contribution is 0.0931. The molecule has 4 heteroatoms. The van der Waals surface area contributed by atoms with E-state index in [0.717, 1.165) is 30.5 Å². The molecular weight excluding hydrogens is 238 g/mol. The lowest BCUT2D eigenvalue weighted by Crippen LogP contribution is -2.39. The van der Waals surface area contributed by atoms with Crippen molar-refractivity contribution in [3.8, 4) is 0 Å². The SMILES string of the molecule is Cc1ccc(C(=O)NC2CCn3cncc3C2)cc1. The zero-order chi connectivity index (χ0) is 13.2. The summed E-state index contributed by atoms with van der Waals surface area (Å²) in [6, 6.07) is 7.88. The molecular formula is C15H17N3O. The summed E-state index contributed by atoms with van der Waals surface area (Å²) in [5.74, 6) is 0.0120. The number of aryl methyl sites for hydroxylation is 2. The maximum absolute atomic E-state index is 12.1. The van der Waals surface area contributed by atoms with E-state index in [1.165, 1.54) is 5.69 Å². The molecule has 1 aliphatic rings. The van der Waals surface area contributed by atoms with Crippen LogP contribution in [0.15, 0.2) is 36.8 Å². The van der Waals surface area contributed by atoms with Gasteiger partial charge in [-0.2, -0.15) is 0 Å². The highest BCUT2D eigenvalue weighted by Crippen LogP contribution is 2.14. The van der Waals surface area contributed by atoms with Gasteiger partial charge in [0.1, 0.15) is 0 Å². The Kier molecular flexibility index (Phi) is 3.07. The van der Waals surface area contributed by atoms with Gasteiger partial charge in [0.05, 0.1) is 6.33 Å². The van der Waals surface area contributed by atoms with E-state index in [2.05, 4.69) is 14.9 Å². The number of aromatic nitrogens is 2. The third kappa shape index (κ3) is 2.52. The second-order valence-electron chi connectivity index (χ2n) is 5.11. The average Bonchev–Trinajstić information content (AvgIpc) is 2.87. The minimum atomic E-state index is 0.0120. The van der Waals surface area contributed by atoms with Gasteiger partial charge < -0.3 is 9.88 Å². The molecule has 1 unspecified atom stereocenters. The van der Waals surface area contributed by atoms with Crippen LogP contribution in [-0.4, -0.2) is 21.5 Å². The fourth-order valence-corrected chi connectivity index (χ4v) is 2.47. The molecule has 1 atom stereocenters. The van der Waals surface area contributed by atoms with Crippen LogP contribution in [0.2, 0.25) is 0 Å². The fraction of sp³-hybridized carbons (Fsp3) is 0.333. The number of fused-ring (bicyclic) bond motifs is 1. The zero-order valence-corrected chi connectivity index (χ0v) is 11.0. The molecule has 1 aliphatic heterocycles. The second-order valence-corrected chi connectivity index (χ2v) is 5.11. The molecule has 0 saturated heterocycles.